The van der Waals surface area contributed by atoms with Crippen LogP contribution in [0.1, 0.15) is 11.1 Å². The molecule has 0 heterocycles. The van der Waals surface area contributed by atoms with Crippen molar-refractivity contribution >= 4 is 61.0 Å². The van der Waals surface area contributed by atoms with Crippen molar-refractivity contribution in [2.75, 3.05) is 0 Å². The Balaban J connectivity index is 1.96. The van der Waals surface area contributed by atoms with Gasteiger partial charge >= 0.3 is 0 Å². The summed E-state index contributed by atoms with van der Waals surface area (Å²) in [7, 11) is 0. The van der Waals surface area contributed by atoms with Gasteiger partial charge in [0.15, 0.2) is 0 Å². The molecule has 0 atom stereocenters. The molecule has 22 heavy (non-hydrogen) atoms. The summed E-state index contributed by atoms with van der Waals surface area (Å²) in [5.74, 6) is 0. The van der Waals surface area contributed by atoms with E-state index in [4.69, 9.17) is 0 Å². The Morgan fingerprint density at radius 3 is 2.32 bits per heavy atom. The Kier molecular flexibility index (Phi) is 2.62. The summed E-state index contributed by atoms with van der Waals surface area (Å²) >= 11 is 2.45. The summed E-state index contributed by atoms with van der Waals surface area (Å²) in [5.41, 5.74) is 2.87. The highest BCUT2D eigenvalue weighted by Gasteiger charge is 2.14. The van der Waals surface area contributed by atoms with Gasteiger partial charge in [0.25, 0.3) is 0 Å². The fourth-order valence-electron chi connectivity index (χ4n) is 3.61. The molecule has 4 aromatic carbocycles. The first-order valence-corrected chi connectivity index (χ1v) is 8.61. The van der Waals surface area contributed by atoms with Crippen LogP contribution in [0.3, 0.4) is 0 Å². The van der Waals surface area contributed by atoms with E-state index in [1.807, 2.05) is 0 Å². The van der Waals surface area contributed by atoms with Crippen molar-refractivity contribution in [2.24, 2.45) is 0 Å². The number of allylic oxidation sites excluding steroid dienone is 1. The lowest BCUT2D eigenvalue weighted by Gasteiger charge is -2.09. The molecule has 104 valence electrons. The molecule has 1 aliphatic carbocycles. The van der Waals surface area contributed by atoms with Gasteiger partial charge in [-0.25, -0.2) is 0 Å². The van der Waals surface area contributed by atoms with Crippen LogP contribution in [0.2, 0.25) is 0 Å². The first-order valence-electron chi connectivity index (χ1n) is 7.53. The van der Waals surface area contributed by atoms with Crippen molar-refractivity contribution in [1.82, 2.24) is 0 Å². The molecule has 0 amide bonds. The van der Waals surface area contributed by atoms with Gasteiger partial charge in [-0.3, -0.25) is 0 Å². The summed E-state index contributed by atoms with van der Waals surface area (Å²) in [6.45, 7) is 0. The summed E-state index contributed by atoms with van der Waals surface area (Å²) in [5, 5.41) is 8.05. The first-order chi connectivity index (χ1) is 10.8. The largest absolute Gasteiger partial charge is 0.0616 e. The van der Waals surface area contributed by atoms with Crippen LogP contribution in [0.5, 0.6) is 0 Å². The molecule has 0 radical (unpaired) electrons. The maximum absolute atomic E-state index is 2.45. The van der Waals surface area contributed by atoms with E-state index < -0.39 is 0 Å². The molecule has 0 fully saturated rings. The van der Waals surface area contributed by atoms with Crippen molar-refractivity contribution in [3.05, 3.63) is 75.4 Å². The molecule has 0 saturated heterocycles. The third-order valence-electron chi connectivity index (χ3n) is 4.68. The summed E-state index contributed by atoms with van der Waals surface area (Å²) in [4.78, 5) is 0. The first kappa shape index (κ1) is 12.7. The number of benzene rings is 4. The maximum Gasteiger partial charge on any atom is 0.00389 e. The molecule has 4 aromatic rings. The van der Waals surface area contributed by atoms with Gasteiger partial charge in [-0.15, -0.1) is 0 Å². The average Bonchev–Trinajstić information content (AvgIpc) is 2.93. The SMILES string of the molecule is IC1=Cc2c(ccc3c2ccc2cc4ccccc4cc23)C1. The number of fused-ring (bicyclic) bond motifs is 6. The van der Waals surface area contributed by atoms with Gasteiger partial charge in [0.2, 0.25) is 0 Å². The average molecular weight is 392 g/mol. The molecule has 0 aliphatic heterocycles. The maximum atomic E-state index is 2.45. The molecule has 5 rings (SSSR count). The Labute approximate surface area is 142 Å². The normalized spacial score (nSPS) is 13.8. The van der Waals surface area contributed by atoms with Crippen molar-refractivity contribution in [3.8, 4) is 0 Å². The molecule has 1 heteroatoms. The molecule has 0 unspecified atom stereocenters. The van der Waals surface area contributed by atoms with Crippen molar-refractivity contribution in [1.29, 1.82) is 0 Å². The summed E-state index contributed by atoms with van der Waals surface area (Å²) in [6.07, 6.45) is 3.42. The van der Waals surface area contributed by atoms with Gasteiger partial charge in [-0.1, -0.05) is 48.5 Å². The standard InChI is InChI=1S/C21H13I/c22-17-10-16-6-8-18-19(21(16)12-17)7-5-15-9-13-3-1-2-4-14(13)11-20(15)18/h1-9,11-12H,10H2. The second-order valence-corrected chi connectivity index (χ2v) is 7.37. The topological polar surface area (TPSA) is 0 Å². The quantitative estimate of drug-likeness (QED) is 0.183. The van der Waals surface area contributed by atoms with E-state index in [1.165, 1.54) is 47.0 Å². The molecule has 0 aromatic heterocycles. The van der Waals surface area contributed by atoms with Crippen molar-refractivity contribution in [3.63, 3.8) is 0 Å². The smallest absolute Gasteiger partial charge is 0.00389 e. The molecule has 0 N–H and O–H groups in total. The van der Waals surface area contributed by atoms with E-state index in [-0.39, 0.29) is 0 Å². The van der Waals surface area contributed by atoms with Gasteiger partial charge < -0.3 is 0 Å². The van der Waals surface area contributed by atoms with Crippen LogP contribution < -0.4 is 0 Å². The lowest BCUT2D eigenvalue weighted by atomic mass is 9.94. The molecule has 0 saturated carbocycles. The Bertz CT molecular complexity index is 1100. The number of halogens is 1. The predicted molar refractivity (Wildman–Crippen MR) is 105 cm³/mol. The molecular weight excluding hydrogens is 379 g/mol. The van der Waals surface area contributed by atoms with Crippen LogP contribution in [-0.4, -0.2) is 0 Å². The van der Waals surface area contributed by atoms with E-state index in [9.17, 15) is 0 Å². The zero-order chi connectivity index (χ0) is 14.7. The Morgan fingerprint density at radius 1 is 0.682 bits per heavy atom. The van der Waals surface area contributed by atoms with Crippen LogP contribution >= 0.6 is 22.6 Å². The number of hydrogen-bond acceptors (Lipinski definition) is 0. The van der Waals surface area contributed by atoms with Gasteiger partial charge in [0, 0.05) is 6.42 Å². The minimum atomic E-state index is 1.08. The van der Waals surface area contributed by atoms with Crippen LogP contribution in [-0.2, 0) is 6.42 Å². The zero-order valence-corrected chi connectivity index (χ0v) is 14.1. The van der Waals surface area contributed by atoms with E-state index in [1.54, 1.807) is 0 Å². The molecular formula is C21H13I. The van der Waals surface area contributed by atoms with Crippen LogP contribution in [0, 0.1) is 0 Å². The van der Waals surface area contributed by atoms with E-state index >= 15 is 0 Å². The third-order valence-corrected chi connectivity index (χ3v) is 5.37. The zero-order valence-electron chi connectivity index (χ0n) is 11.9. The van der Waals surface area contributed by atoms with Gasteiger partial charge in [-0.2, -0.15) is 0 Å². The minimum absolute atomic E-state index is 1.08. The van der Waals surface area contributed by atoms with E-state index in [0.29, 0.717) is 0 Å². The number of hydrogen-bond donors (Lipinski definition) is 0. The monoisotopic (exact) mass is 392 g/mol. The molecule has 0 spiro atoms. The van der Waals surface area contributed by atoms with Crippen LogP contribution in [0.15, 0.2) is 64.2 Å². The highest BCUT2D eigenvalue weighted by Crippen LogP contribution is 2.37. The second kappa shape index (κ2) is 4.56. The van der Waals surface area contributed by atoms with Gasteiger partial charge in [0.1, 0.15) is 0 Å². The Hall–Kier alpha value is -1.87. The molecule has 0 bridgehead atoms. The van der Waals surface area contributed by atoms with Crippen LogP contribution in [0.4, 0.5) is 0 Å². The van der Waals surface area contributed by atoms with E-state index in [0.717, 1.165) is 6.42 Å². The third kappa shape index (κ3) is 1.75. The Morgan fingerprint density at radius 2 is 1.45 bits per heavy atom. The second-order valence-electron chi connectivity index (χ2n) is 5.99. The van der Waals surface area contributed by atoms with Crippen LogP contribution in [0.25, 0.3) is 38.4 Å². The van der Waals surface area contributed by atoms with E-state index in [2.05, 4.69) is 89.3 Å². The highest BCUT2D eigenvalue weighted by atomic mass is 127. The van der Waals surface area contributed by atoms with Crippen molar-refractivity contribution in [2.45, 2.75) is 6.42 Å². The fourth-order valence-corrected chi connectivity index (χ4v) is 4.33. The lowest BCUT2D eigenvalue weighted by Crippen LogP contribution is -1.86. The summed E-state index contributed by atoms with van der Waals surface area (Å²) < 4.78 is 1.43. The van der Waals surface area contributed by atoms with Crippen molar-refractivity contribution < 1.29 is 0 Å². The lowest BCUT2D eigenvalue weighted by molar-refractivity contribution is 1.32. The van der Waals surface area contributed by atoms with Gasteiger partial charge in [0.05, 0.1) is 0 Å². The summed E-state index contributed by atoms with van der Waals surface area (Å²) in [6, 6.07) is 22.4. The highest BCUT2D eigenvalue weighted by molar-refractivity contribution is 14.1. The molecule has 0 nitrogen and oxygen atoms in total. The number of rotatable bonds is 0. The fraction of sp³-hybridized carbons (Fsp3) is 0.0476. The predicted octanol–water partition coefficient (Wildman–Crippen LogP) is 6.48. The minimum Gasteiger partial charge on any atom is -0.0616 e. The van der Waals surface area contributed by atoms with Gasteiger partial charge in [-0.05, 0) is 87.8 Å². The molecule has 1 aliphatic rings.